The number of hydrogen-bond acceptors (Lipinski definition) is 5. The molecule has 2 aliphatic heterocycles. The molecule has 0 saturated carbocycles. The Hall–Kier alpha value is -1.22. The van der Waals surface area contributed by atoms with Crippen molar-refractivity contribution in [1.82, 2.24) is 4.31 Å². The molecule has 0 spiro atoms. The molecule has 0 amide bonds. The Labute approximate surface area is 161 Å². The van der Waals surface area contributed by atoms with E-state index in [-0.39, 0.29) is 24.2 Å². The Morgan fingerprint density at radius 1 is 1.15 bits per heavy atom. The van der Waals surface area contributed by atoms with E-state index >= 15 is 0 Å². The summed E-state index contributed by atoms with van der Waals surface area (Å²) in [5.74, 6) is -0.0418. The molecule has 4 rings (SSSR count). The number of ether oxygens (including phenoxy) is 1. The summed E-state index contributed by atoms with van der Waals surface area (Å²) < 4.78 is 58.0. The maximum atomic E-state index is 13.5. The van der Waals surface area contributed by atoms with Gasteiger partial charge < -0.3 is 4.74 Å². The van der Waals surface area contributed by atoms with Crippen LogP contribution in [0.2, 0.25) is 0 Å². The molecule has 3 aliphatic rings. The average Bonchev–Trinajstić information content (AvgIpc) is 3.28. The molecule has 2 atom stereocenters. The van der Waals surface area contributed by atoms with Crippen molar-refractivity contribution < 1.29 is 21.6 Å². The average molecular weight is 412 g/mol. The van der Waals surface area contributed by atoms with Gasteiger partial charge in [-0.15, -0.1) is 0 Å². The number of sulfonamides is 1. The predicted molar refractivity (Wildman–Crippen MR) is 104 cm³/mol. The lowest BCUT2D eigenvalue weighted by Crippen LogP contribution is -2.45. The van der Waals surface area contributed by atoms with Gasteiger partial charge in [0, 0.05) is 19.2 Å². The van der Waals surface area contributed by atoms with Gasteiger partial charge in [-0.05, 0) is 49.3 Å². The fourth-order valence-corrected chi connectivity index (χ4v) is 7.89. The zero-order valence-corrected chi connectivity index (χ0v) is 16.8. The van der Waals surface area contributed by atoms with Crippen molar-refractivity contribution in [3.63, 3.8) is 0 Å². The van der Waals surface area contributed by atoms with Gasteiger partial charge >= 0.3 is 0 Å². The molecule has 27 heavy (non-hydrogen) atoms. The van der Waals surface area contributed by atoms with Crippen LogP contribution in [0.4, 0.5) is 0 Å². The predicted octanol–water partition coefficient (Wildman–Crippen LogP) is 1.97. The summed E-state index contributed by atoms with van der Waals surface area (Å²) in [6.45, 7) is 0.874. The molecular formula is C19H25NO5S2. The third-order valence-electron chi connectivity index (χ3n) is 5.68. The smallest absolute Gasteiger partial charge is 0.239 e. The molecule has 0 bridgehead atoms. The van der Waals surface area contributed by atoms with Crippen molar-refractivity contribution in [2.75, 3.05) is 24.7 Å². The number of allylic oxidation sites excluding steroid dienone is 1. The second-order valence-electron chi connectivity index (χ2n) is 7.58. The van der Waals surface area contributed by atoms with E-state index in [9.17, 15) is 16.8 Å². The SMILES string of the molecule is O=S1(=O)CCC(N(CC2CCCO2)S(=O)(=O)C2=Cc3ccccc3CC2)C1. The first-order valence-corrected chi connectivity index (χ1v) is 12.7. The van der Waals surface area contributed by atoms with Gasteiger partial charge in [-0.2, -0.15) is 4.31 Å². The highest BCUT2D eigenvalue weighted by Gasteiger charge is 2.41. The van der Waals surface area contributed by atoms with E-state index in [0.29, 0.717) is 30.8 Å². The van der Waals surface area contributed by atoms with Gasteiger partial charge in [0.2, 0.25) is 10.0 Å². The summed E-state index contributed by atoms with van der Waals surface area (Å²) in [5.41, 5.74) is 2.07. The van der Waals surface area contributed by atoms with Crippen LogP contribution in [0.15, 0.2) is 29.2 Å². The first-order chi connectivity index (χ1) is 12.9. The third kappa shape index (κ3) is 3.99. The lowest BCUT2D eigenvalue weighted by molar-refractivity contribution is 0.0879. The third-order valence-corrected chi connectivity index (χ3v) is 9.48. The molecule has 0 N–H and O–H groups in total. The minimum Gasteiger partial charge on any atom is -0.377 e. The minimum absolute atomic E-state index is 0.0527. The van der Waals surface area contributed by atoms with Gasteiger partial charge in [-0.3, -0.25) is 0 Å². The number of sulfone groups is 1. The monoisotopic (exact) mass is 411 g/mol. The lowest BCUT2D eigenvalue weighted by atomic mass is 9.98. The second kappa shape index (κ2) is 7.31. The summed E-state index contributed by atoms with van der Waals surface area (Å²) in [7, 11) is -6.92. The Balaban J connectivity index is 1.67. The number of hydrogen-bond donors (Lipinski definition) is 0. The molecule has 2 fully saturated rings. The van der Waals surface area contributed by atoms with Crippen molar-refractivity contribution in [3.8, 4) is 0 Å². The molecule has 0 radical (unpaired) electrons. The molecule has 2 unspecified atom stereocenters. The van der Waals surface area contributed by atoms with Crippen LogP contribution in [0.3, 0.4) is 0 Å². The lowest BCUT2D eigenvalue weighted by Gasteiger charge is -2.31. The first-order valence-electron chi connectivity index (χ1n) is 9.47. The quantitative estimate of drug-likeness (QED) is 0.740. The number of nitrogens with zero attached hydrogens (tertiary/aromatic N) is 1. The number of aryl methyl sites for hydroxylation is 1. The van der Waals surface area contributed by atoms with Crippen molar-refractivity contribution >= 4 is 25.9 Å². The van der Waals surface area contributed by atoms with E-state index in [1.54, 1.807) is 6.08 Å². The van der Waals surface area contributed by atoms with Crippen LogP contribution in [0, 0.1) is 0 Å². The van der Waals surface area contributed by atoms with Crippen molar-refractivity contribution in [2.24, 2.45) is 0 Å². The van der Waals surface area contributed by atoms with Gasteiger partial charge in [0.25, 0.3) is 0 Å². The fourth-order valence-electron chi connectivity index (χ4n) is 4.20. The summed E-state index contributed by atoms with van der Waals surface area (Å²) >= 11 is 0. The van der Waals surface area contributed by atoms with Gasteiger partial charge in [0.05, 0.1) is 22.5 Å². The Bertz CT molecular complexity index is 946. The van der Waals surface area contributed by atoms with Crippen LogP contribution in [0.5, 0.6) is 0 Å². The van der Waals surface area contributed by atoms with E-state index in [1.807, 2.05) is 24.3 Å². The van der Waals surface area contributed by atoms with Crippen LogP contribution < -0.4 is 0 Å². The van der Waals surface area contributed by atoms with Crippen LogP contribution >= 0.6 is 0 Å². The highest BCUT2D eigenvalue weighted by molar-refractivity contribution is 7.93. The Morgan fingerprint density at radius 2 is 1.96 bits per heavy atom. The van der Waals surface area contributed by atoms with E-state index in [2.05, 4.69) is 0 Å². The van der Waals surface area contributed by atoms with E-state index in [1.165, 1.54) is 4.31 Å². The number of rotatable bonds is 5. The van der Waals surface area contributed by atoms with Gasteiger partial charge in [0.1, 0.15) is 0 Å². The summed E-state index contributed by atoms with van der Waals surface area (Å²) in [6.07, 6.45) is 4.81. The second-order valence-corrected chi connectivity index (χ2v) is 11.7. The van der Waals surface area contributed by atoms with Crippen LogP contribution in [0.1, 0.15) is 36.8 Å². The minimum atomic E-state index is -3.74. The number of fused-ring (bicyclic) bond motifs is 1. The molecule has 1 aromatic carbocycles. The number of benzene rings is 1. The summed E-state index contributed by atoms with van der Waals surface area (Å²) in [5, 5.41) is 0. The van der Waals surface area contributed by atoms with Crippen LogP contribution in [-0.2, 0) is 31.0 Å². The van der Waals surface area contributed by atoms with Gasteiger partial charge in [-0.1, -0.05) is 24.3 Å². The first kappa shape index (κ1) is 19.1. The standard InChI is InChI=1S/C19H25NO5S2/c21-26(22)11-9-17(14-26)20(13-18-6-3-10-25-18)27(23,24)19-8-7-15-4-1-2-5-16(15)12-19/h1-2,4-5,12,17-18H,3,6-11,13-14H2. The zero-order valence-electron chi connectivity index (χ0n) is 15.2. The van der Waals surface area contributed by atoms with Crippen LogP contribution in [0.25, 0.3) is 6.08 Å². The molecule has 0 aromatic heterocycles. The highest BCUT2D eigenvalue weighted by atomic mass is 32.2. The Morgan fingerprint density at radius 3 is 2.67 bits per heavy atom. The van der Waals surface area contributed by atoms with Crippen LogP contribution in [-0.4, -0.2) is 57.9 Å². The summed E-state index contributed by atoms with van der Waals surface area (Å²) in [4.78, 5) is 0.378. The largest absolute Gasteiger partial charge is 0.377 e. The molecule has 8 heteroatoms. The maximum absolute atomic E-state index is 13.5. The highest BCUT2D eigenvalue weighted by Crippen LogP contribution is 2.32. The topological polar surface area (TPSA) is 80.8 Å². The van der Waals surface area contributed by atoms with Crippen molar-refractivity contribution in [1.29, 1.82) is 0 Å². The van der Waals surface area contributed by atoms with Gasteiger partial charge in [0.15, 0.2) is 9.84 Å². The normalized spacial score (nSPS) is 27.5. The molecule has 2 heterocycles. The molecule has 6 nitrogen and oxygen atoms in total. The fraction of sp³-hybridized carbons (Fsp3) is 0.579. The molecular weight excluding hydrogens is 386 g/mol. The molecule has 1 aromatic rings. The Kier molecular flexibility index (Phi) is 5.18. The van der Waals surface area contributed by atoms with E-state index in [0.717, 1.165) is 24.0 Å². The van der Waals surface area contributed by atoms with Crippen molar-refractivity contribution in [3.05, 3.63) is 40.3 Å². The molecule has 1 aliphatic carbocycles. The molecule has 2 saturated heterocycles. The van der Waals surface area contributed by atoms with Crippen molar-refractivity contribution in [2.45, 2.75) is 44.2 Å². The van der Waals surface area contributed by atoms with E-state index in [4.69, 9.17) is 4.74 Å². The van der Waals surface area contributed by atoms with Gasteiger partial charge in [-0.25, -0.2) is 16.8 Å². The maximum Gasteiger partial charge on any atom is 0.239 e. The van der Waals surface area contributed by atoms with E-state index < -0.39 is 25.9 Å². The molecule has 148 valence electrons. The summed E-state index contributed by atoms with van der Waals surface area (Å²) in [6, 6.07) is 7.30. The zero-order chi connectivity index (χ0) is 19.1.